The monoisotopic (exact) mass is 244 g/mol. The highest BCUT2D eigenvalue weighted by atomic mass is 16.5. The first-order chi connectivity index (χ1) is 8.22. The maximum Gasteiger partial charge on any atom is 0.0596 e. The fourth-order valence-electron chi connectivity index (χ4n) is 1.99. The minimum Gasteiger partial charge on any atom is -0.380 e. The van der Waals surface area contributed by atoms with E-state index < -0.39 is 0 Å². The van der Waals surface area contributed by atoms with Crippen LogP contribution in [0.2, 0.25) is 0 Å². The van der Waals surface area contributed by atoms with Crippen LogP contribution < -0.4 is 0 Å². The van der Waals surface area contributed by atoms with Crippen LogP contribution in [0.25, 0.3) is 0 Å². The number of hydrogen-bond acceptors (Lipinski definition) is 4. The summed E-state index contributed by atoms with van der Waals surface area (Å²) in [5, 5.41) is 0. The average molecular weight is 244 g/mol. The van der Waals surface area contributed by atoms with Gasteiger partial charge in [-0.05, 0) is 20.8 Å². The summed E-state index contributed by atoms with van der Waals surface area (Å²) in [6.07, 6.45) is 0.350. The maximum absolute atomic E-state index is 5.58. The van der Waals surface area contributed by atoms with Crippen molar-refractivity contribution in [3.63, 3.8) is 0 Å². The van der Waals surface area contributed by atoms with E-state index in [0.29, 0.717) is 6.10 Å². The standard InChI is InChI=1S/C13H28N2O2/c1-4-16-11-9-14-5-7-15(8-6-14)10-12-17-13(2)3/h13H,4-12H2,1-3H3. The molecule has 1 rings (SSSR count). The van der Waals surface area contributed by atoms with Crippen LogP contribution in [0.5, 0.6) is 0 Å². The van der Waals surface area contributed by atoms with Crippen molar-refractivity contribution in [2.24, 2.45) is 0 Å². The number of rotatable bonds is 8. The predicted octanol–water partition coefficient (Wildman–Crippen LogP) is 1.07. The zero-order valence-electron chi connectivity index (χ0n) is 11.7. The predicted molar refractivity (Wildman–Crippen MR) is 70.5 cm³/mol. The first-order valence-electron chi connectivity index (χ1n) is 6.86. The van der Waals surface area contributed by atoms with Crippen molar-refractivity contribution in [3.8, 4) is 0 Å². The molecule has 0 N–H and O–H groups in total. The quantitative estimate of drug-likeness (QED) is 0.596. The molecule has 0 aromatic heterocycles. The Labute approximate surface area is 106 Å². The molecule has 4 nitrogen and oxygen atoms in total. The molecular weight excluding hydrogens is 216 g/mol. The van der Waals surface area contributed by atoms with Gasteiger partial charge in [0.1, 0.15) is 0 Å². The van der Waals surface area contributed by atoms with Gasteiger partial charge in [0.15, 0.2) is 0 Å². The van der Waals surface area contributed by atoms with E-state index in [1.54, 1.807) is 0 Å². The van der Waals surface area contributed by atoms with Crippen molar-refractivity contribution < 1.29 is 9.47 Å². The Morgan fingerprint density at radius 2 is 1.47 bits per heavy atom. The molecule has 0 atom stereocenters. The van der Waals surface area contributed by atoms with Crippen LogP contribution in [0, 0.1) is 0 Å². The van der Waals surface area contributed by atoms with E-state index in [9.17, 15) is 0 Å². The van der Waals surface area contributed by atoms with Gasteiger partial charge >= 0.3 is 0 Å². The molecule has 1 saturated heterocycles. The molecule has 0 radical (unpaired) electrons. The van der Waals surface area contributed by atoms with Crippen molar-refractivity contribution in [2.75, 3.05) is 59.1 Å². The third-order valence-electron chi connectivity index (χ3n) is 3.08. The molecule has 4 heteroatoms. The second-order valence-corrected chi connectivity index (χ2v) is 4.80. The molecule has 0 spiro atoms. The van der Waals surface area contributed by atoms with Crippen LogP contribution in [-0.4, -0.2) is 75.0 Å². The fraction of sp³-hybridized carbons (Fsp3) is 1.00. The number of nitrogens with zero attached hydrogens (tertiary/aromatic N) is 2. The van der Waals surface area contributed by atoms with Crippen molar-refractivity contribution in [1.29, 1.82) is 0 Å². The molecule has 1 fully saturated rings. The second-order valence-electron chi connectivity index (χ2n) is 4.80. The summed E-state index contributed by atoms with van der Waals surface area (Å²) < 4.78 is 11.0. The topological polar surface area (TPSA) is 24.9 Å². The molecule has 0 aromatic rings. The summed E-state index contributed by atoms with van der Waals surface area (Å²) in [5.41, 5.74) is 0. The summed E-state index contributed by atoms with van der Waals surface area (Å²) in [6.45, 7) is 15.6. The zero-order valence-corrected chi connectivity index (χ0v) is 11.7. The smallest absolute Gasteiger partial charge is 0.0596 e. The van der Waals surface area contributed by atoms with Gasteiger partial charge in [-0.3, -0.25) is 9.80 Å². The van der Waals surface area contributed by atoms with Crippen molar-refractivity contribution in [2.45, 2.75) is 26.9 Å². The SMILES string of the molecule is CCOCCN1CCN(CCOC(C)C)CC1. The van der Waals surface area contributed by atoms with Crippen molar-refractivity contribution >= 4 is 0 Å². The van der Waals surface area contributed by atoms with E-state index in [-0.39, 0.29) is 0 Å². The Bertz CT molecular complexity index is 180. The third kappa shape index (κ3) is 6.99. The highest BCUT2D eigenvalue weighted by molar-refractivity contribution is 4.71. The molecule has 1 aliphatic heterocycles. The summed E-state index contributed by atoms with van der Waals surface area (Å²) >= 11 is 0. The summed E-state index contributed by atoms with van der Waals surface area (Å²) in [4.78, 5) is 4.97. The van der Waals surface area contributed by atoms with E-state index in [4.69, 9.17) is 9.47 Å². The third-order valence-corrected chi connectivity index (χ3v) is 3.08. The van der Waals surface area contributed by atoms with Gasteiger partial charge in [-0.25, -0.2) is 0 Å². The van der Waals surface area contributed by atoms with E-state index in [1.807, 2.05) is 6.92 Å². The molecule has 102 valence electrons. The molecule has 1 aliphatic rings. The minimum absolute atomic E-state index is 0.350. The van der Waals surface area contributed by atoms with E-state index in [2.05, 4.69) is 23.6 Å². The Morgan fingerprint density at radius 1 is 0.941 bits per heavy atom. The molecule has 0 aliphatic carbocycles. The van der Waals surface area contributed by atoms with Gasteiger partial charge < -0.3 is 9.47 Å². The number of ether oxygens (including phenoxy) is 2. The molecule has 0 saturated carbocycles. The zero-order chi connectivity index (χ0) is 12.5. The average Bonchev–Trinajstić information content (AvgIpc) is 2.31. The lowest BCUT2D eigenvalue weighted by Gasteiger charge is -2.34. The highest BCUT2D eigenvalue weighted by Gasteiger charge is 2.15. The van der Waals surface area contributed by atoms with Gasteiger partial charge in [-0.15, -0.1) is 0 Å². The highest BCUT2D eigenvalue weighted by Crippen LogP contribution is 2.01. The summed E-state index contributed by atoms with van der Waals surface area (Å²) in [5.74, 6) is 0. The fourth-order valence-corrected chi connectivity index (χ4v) is 1.99. The lowest BCUT2D eigenvalue weighted by molar-refractivity contribution is 0.0385. The van der Waals surface area contributed by atoms with Gasteiger partial charge in [0.25, 0.3) is 0 Å². The summed E-state index contributed by atoms with van der Waals surface area (Å²) in [6, 6.07) is 0. The van der Waals surface area contributed by atoms with Gasteiger partial charge in [0.2, 0.25) is 0 Å². The normalized spacial score (nSPS) is 19.1. The van der Waals surface area contributed by atoms with Crippen LogP contribution in [0.15, 0.2) is 0 Å². The maximum atomic E-state index is 5.58. The van der Waals surface area contributed by atoms with E-state index in [1.165, 1.54) is 0 Å². The molecule has 0 amide bonds. The number of hydrogen-bond donors (Lipinski definition) is 0. The molecule has 0 aromatic carbocycles. The number of piperazine rings is 1. The van der Waals surface area contributed by atoms with Crippen molar-refractivity contribution in [3.05, 3.63) is 0 Å². The van der Waals surface area contributed by atoms with Crippen LogP contribution in [0.3, 0.4) is 0 Å². The van der Waals surface area contributed by atoms with E-state index in [0.717, 1.165) is 59.1 Å². The minimum atomic E-state index is 0.350. The summed E-state index contributed by atoms with van der Waals surface area (Å²) in [7, 11) is 0. The van der Waals surface area contributed by atoms with Gasteiger partial charge in [0, 0.05) is 45.9 Å². The van der Waals surface area contributed by atoms with Crippen LogP contribution in [-0.2, 0) is 9.47 Å². The Hall–Kier alpha value is -0.160. The van der Waals surface area contributed by atoms with Crippen molar-refractivity contribution in [1.82, 2.24) is 9.80 Å². The molecule has 0 bridgehead atoms. The molecule has 1 heterocycles. The molecular formula is C13H28N2O2. The lowest BCUT2D eigenvalue weighted by Crippen LogP contribution is -2.48. The largest absolute Gasteiger partial charge is 0.380 e. The Morgan fingerprint density at radius 3 is 1.94 bits per heavy atom. The Kier molecular flexibility index (Phi) is 7.77. The second kappa shape index (κ2) is 8.86. The van der Waals surface area contributed by atoms with Crippen LogP contribution in [0.4, 0.5) is 0 Å². The van der Waals surface area contributed by atoms with Gasteiger partial charge in [-0.1, -0.05) is 0 Å². The van der Waals surface area contributed by atoms with Gasteiger partial charge in [-0.2, -0.15) is 0 Å². The first kappa shape index (κ1) is 14.9. The van der Waals surface area contributed by atoms with E-state index >= 15 is 0 Å². The molecule has 17 heavy (non-hydrogen) atoms. The van der Waals surface area contributed by atoms with Crippen LogP contribution in [0.1, 0.15) is 20.8 Å². The lowest BCUT2D eigenvalue weighted by atomic mass is 10.3. The molecule has 0 unspecified atom stereocenters. The van der Waals surface area contributed by atoms with Crippen LogP contribution >= 0.6 is 0 Å². The first-order valence-corrected chi connectivity index (χ1v) is 6.86. The Balaban J connectivity index is 2.01. The van der Waals surface area contributed by atoms with Gasteiger partial charge in [0.05, 0.1) is 19.3 Å².